The lowest BCUT2D eigenvalue weighted by Crippen LogP contribution is -2.09. The summed E-state index contributed by atoms with van der Waals surface area (Å²) in [5.74, 6) is 0. The first kappa shape index (κ1) is 29.4. The molecule has 0 aliphatic rings. The van der Waals surface area contributed by atoms with Crippen LogP contribution in [0, 0.1) is 0 Å². The number of para-hydroxylation sites is 3. The fraction of sp³-hybridized carbons (Fsp3) is 0. The van der Waals surface area contributed by atoms with E-state index in [2.05, 4.69) is 198 Å². The molecular formula is C47H33N3. The Bertz CT molecular complexity index is 2460. The molecule has 9 aromatic rings. The molecule has 7 aromatic carbocycles. The van der Waals surface area contributed by atoms with Gasteiger partial charge in [0.2, 0.25) is 0 Å². The number of rotatable bonds is 7. The van der Waals surface area contributed by atoms with E-state index >= 15 is 0 Å². The van der Waals surface area contributed by atoms with Crippen LogP contribution in [0.5, 0.6) is 0 Å². The topological polar surface area (TPSA) is 21.1 Å². The van der Waals surface area contributed by atoms with Crippen LogP contribution in [0.4, 0.5) is 17.1 Å². The fourth-order valence-corrected chi connectivity index (χ4v) is 6.99. The molecule has 0 N–H and O–H groups in total. The van der Waals surface area contributed by atoms with Crippen LogP contribution >= 0.6 is 0 Å². The van der Waals surface area contributed by atoms with Gasteiger partial charge in [-0.1, -0.05) is 127 Å². The summed E-state index contributed by atoms with van der Waals surface area (Å²) >= 11 is 0. The molecule has 0 atom stereocenters. The van der Waals surface area contributed by atoms with E-state index in [-0.39, 0.29) is 0 Å². The van der Waals surface area contributed by atoms with Gasteiger partial charge in [-0.05, 0) is 83.9 Å². The third-order valence-electron chi connectivity index (χ3n) is 9.37. The van der Waals surface area contributed by atoms with E-state index in [1.54, 1.807) is 0 Å². The maximum absolute atomic E-state index is 5.08. The molecular weight excluding hydrogens is 607 g/mol. The van der Waals surface area contributed by atoms with Gasteiger partial charge in [-0.25, -0.2) is 4.98 Å². The van der Waals surface area contributed by atoms with E-state index < -0.39 is 0 Å². The maximum atomic E-state index is 5.08. The van der Waals surface area contributed by atoms with Crippen LogP contribution < -0.4 is 4.90 Å². The zero-order valence-corrected chi connectivity index (χ0v) is 27.4. The molecule has 9 rings (SSSR count). The Labute approximate surface area is 292 Å². The Hall–Kier alpha value is -6.71. The molecule has 0 spiro atoms. The van der Waals surface area contributed by atoms with E-state index in [1.807, 2.05) is 12.1 Å². The highest BCUT2D eigenvalue weighted by Gasteiger charge is 2.17. The van der Waals surface area contributed by atoms with E-state index in [4.69, 9.17) is 4.98 Å². The van der Waals surface area contributed by atoms with E-state index in [0.29, 0.717) is 0 Å². The quantitative estimate of drug-likeness (QED) is 0.173. The molecule has 2 aromatic heterocycles. The standard InChI is InChI=1S/C47H33N3/c1-5-15-35(16-6-1)44-31-37(32-45(48-44)36-17-7-2-8-18-36)34-25-27-40(28-26-34)50-46-24-14-13-23-42(46)43-33-41(29-30-47(43)50)49(38-19-9-3-10-20-38)39-21-11-4-12-22-39/h1-33H. The van der Waals surface area contributed by atoms with Gasteiger partial charge < -0.3 is 9.47 Å². The van der Waals surface area contributed by atoms with Gasteiger partial charge in [0.05, 0.1) is 22.4 Å². The van der Waals surface area contributed by atoms with E-state index in [1.165, 1.54) is 21.8 Å². The van der Waals surface area contributed by atoms with Gasteiger partial charge in [-0.3, -0.25) is 0 Å². The Morgan fingerprint density at radius 1 is 0.340 bits per heavy atom. The lowest BCUT2D eigenvalue weighted by molar-refractivity contribution is 1.18. The van der Waals surface area contributed by atoms with Crippen LogP contribution in [0.15, 0.2) is 200 Å². The zero-order valence-electron chi connectivity index (χ0n) is 27.4. The SMILES string of the molecule is c1ccc(-c2cc(-c3ccc(-n4c5ccccc5c5cc(N(c6ccccc6)c6ccccc6)ccc54)cc3)cc(-c3ccccc3)n2)cc1. The number of anilines is 3. The van der Waals surface area contributed by atoms with Crippen LogP contribution in [0.3, 0.4) is 0 Å². The Morgan fingerprint density at radius 2 is 0.840 bits per heavy atom. The summed E-state index contributed by atoms with van der Waals surface area (Å²) in [7, 11) is 0. The molecule has 0 fully saturated rings. The molecule has 0 radical (unpaired) electrons. The number of fused-ring (bicyclic) bond motifs is 3. The highest BCUT2D eigenvalue weighted by molar-refractivity contribution is 6.10. The van der Waals surface area contributed by atoms with Crippen LogP contribution in [0.25, 0.3) is 61.1 Å². The number of benzene rings is 7. The lowest BCUT2D eigenvalue weighted by Gasteiger charge is -2.25. The smallest absolute Gasteiger partial charge is 0.0715 e. The summed E-state index contributed by atoms with van der Waals surface area (Å²) < 4.78 is 2.38. The first-order valence-corrected chi connectivity index (χ1v) is 17.0. The highest BCUT2D eigenvalue weighted by atomic mass is 15.1. The van der Waals surface area contributed by atoms with Crippen molar-refractivity contribution in [3.8, 4) is 39.3 Å². The maximum Gasteiger partial charge on any atom is 0.0715 e. The molecule has 3 heteroatoms. The van der Waals surface area contributed by atoms with Gasteiger partial charge in [0, 0.05) is 44.6 Å². The van der Waals surface area contributed by atoms with Gasteiger partial charge in [0.1, 0.15) is 0 Å². The largest absolute Gasteiger partial charge is 0.310 e. The van der Waals surface area contributed by atoms with Crippen LogP contribution in [0.1, 0.15) is 0 Å². The van der Waals surface area contributed by atoms with Crippen molar-refractivity contribution in [1.29, 1.82) is 0 Å². The molecule has 0 saturated heterocycles. The third-order valence-corrected chi connectivity index (χ3v) is 9.37. The van der Waals surface area contributed by atoms with Crippen molar-refractivity contribution >= 4 is 38.9 Å². The molecule has 50 heavy (non-hydrogen) atoms. The molecule has 0 saturated carbocycles. The molecule has 3 nitrogen and oxygen atoms in total. The van der Waals surface area contributed by atoms with Gasteiger partial charge in [-0.15, -0.1) is 0 Å². The number of aromatic nitrogens is 2. The van der Waals surface area contributed by atoms with E-state index in [0.717, 1.165) is 56.4 Å². The van der Waals surface area contributed by atoms with Gasteiger partial charge in [-0.2, -0.15) is 0 Å². The van der Waals surface area contributed by atoms with Crippen molar-refractivity contribution in [3.63, 3.8) is 0 Å². The van der Waals surface area contributed by atoms with E-state index in [9.17, 15) is 0 Å². The second kappa shape index (κ2) is 12.7. The van der Waals surface area contributed by atoms with Crippen LogP contribution in [0.2, 0.25) is 0 Å². The molecule has 2 heterocycles. The average Bonchev–Trinajstić information content (AvgIpc) is 3.53. The van der Waals surface area contributed by atoms with Gasteiger partial charge in [0.25, 0.3) is 0 Å². The average molecular weight is 640 g/mol. The van der Waals surface area contributed by atoms with Crippen molar-refractivity contribution in [2.75, 3.05) is 4.90 Å². The van der Waals surface area contributed by atoms with Crippen molar-refractivity contribution < 1.29 is 0 Å². The van der Waals surface area contributed by atoms with Crippen molar-refractivity contribution in [3.05, 3.63) is 200 Å². The minimum atomic E-state index is 0.962. The Morgan fingerprint density at radius 3 is 1.42 bits per heavy atom. The Balaban J connectivity index is 1.15. The lowest BCUT2D eigenvalue weighted by atomic mass is 10.00. The van der Waals surface area contributed by atoms with Gasteiger partial charge in [0.15, 0.2) is 0 Å². The number of nitrogens with zero attached hydrogens (tertiary/aromatic N) is 3. The van der Waals surface area contributed by atoms with Crippen molar-refractivity contribution in [2.45, 2.75) is 0 Å². The summed E-state index contributed by atoms with van der Waals surface area (Å²) in [6.07, 6.45) is 0. The van der Waals surface area contributed by atoms with Crippen molar-refractivity contribution in [2.24, 2.45) is 0 Å². The molecule has 0 aliphatic heterocycles. The summed E-state index contributed by atoms with van der Waals surface area (Å²) in [5, 5.41) is 2.44. The van der Waals surface area contributed by atoms with Crippen LogP contribution in [-0.4, -0.2) is 9.55 Å². The predicted octanol–water partition coefficient (Wildman–Crippen LogP) is 12.6. The Kier molecular flexibility index (Phi) is 7.49. The predicted molar refractivity (Wildman–Crippen MR) is 210 cm³/mol. The minimum Gasteiger partial charge on any atom is -0.310 e. The molecule has 0 amide bonds. The summed E-state index contributed by atoms with van der Waals surface area (Å²) in [5.41, 5.74) is 13.3. The summed E-state index contributed by atoms with van der Waals surface area (Å²) in [6.45, 7) is 0. The number of pyridine rings is 1. The summed E-state index contributed by atoms with van der Waals surface area (Å²) in [6, 6.07) is 70.9. The second-order valence-corrected chi connectivity index (χ2v) is 12.5. The number of hydrogen-bond donors (Lipinski definition) is 0. The van der Waals surface area contributed by atoms with Crippen molar-refractivity contribution in [1.82, 2.24) is 9.55 Å². The highest BCUT2D eigenvalue weighted by Crippen LogP contribution is 2.40. The molecule has 0 aliphatic carbocycles. The monoisotopic (exact) mass is 639 g/mol. The fourth-order valence-electron chi connectivity index (χ4n) is 6.99. The molecule has 0 bridgehead atoms. The number of hydrogen-bond acceptors (Lipinski definition) is 2. The zero-order chi connectivity index (χ0) is 33.3. The second-order valence-electron chi connectivity index (χ2n) is 12.5. The third kappa shape index (κ3) is 5.41. The normalized spacial score (nSPS) is 11.2. The summed E-state index contributed by atoms with van der Waals surface area (Å²) in [4.78, 5) is 7.40. The molecule has 236 valence electrons. The first-order chi connectivity index (χ1) is 24.8. The minimum absolute atomic E-state index is 0.962. The van der Waals surface area contributed by atoms with Gasteiger partial charge >= 0.3 is 0 Å². The first-order valence-electron chi connectivity index (χ1n) is 17.0. The molecule has 0 unspecified atom stereocenters. The van der Waals surface area contributed by atoms with Crippen LogP contribution in [-0.2, 0) is 0 Å².